The maximum Gasteiger partial charge on any atom is 0.182 e. The molecule has 2 nitrogen and oxygen atoms in total. The number of H-pyrrole nitrogens is 1. The van der Waals surface area contributed by atoms with Crippen LogP contribution in [0.5, 0.6) is 0 Å². The number of halogens is 3. The van der Waals surface area contributed by atoms with Crippen molar-refractivity contribution in [3.8, 4) is 5.69 Å². The van der Waals surface area contributed by atoms with Crippen LogP contribution in [0, 0.1) is 4.77 Å². The minimum atomic E-state index is 0.595. The normalized spacial score (nSPS) is 11.1. The van der Waals surface area contributed by atoms with Gasteiger partial charge in [-0.05, 0) is 58.5 Å². The molecule has 0 radical (unpaired) electrons. The fourth-order valence-electron chi connectivity index (χ4n) is 1.99. The molecule has 96 valence electrons. The lowest BCUT2D eigenvalue weighted by atomic mass is 10.3. The summed E-state index contributed by atoms with van der Waals surface area (Å²) in [6.07, 6.45) is 0. The Hall–Kier alpha value is -0.810. The standard InChI is InChI=1S/C13H7BrCl2N2S/c14-8-6-7(4-5-9(8)15)18-12-10(16)2-1-3-11(12)17-13(18)19/h1-6H,(H,17,19). The number of rotatable bonds is 1. The molecule has 0 saturated heterocycles. The van der Waals surface area contributed by atoms with Gasteiger partial charge < -0.3 is 4.98 Å². The molecule has 1 N–H and O–H groups in total. The molecule has 0 saturated carbocycles. The van der Waals surface area contributed by atoms with Gasteiger partial charge in [0.25, 0.3) is 0 Å². The van der Waals surface area contributed by atoms with Gasteiger partial charge in [-0.1, -0.05) is 29.3 Å². The molecule has 0 spiro atoms. The lowest BCUT2D eigenvalue weighted by molar-refractivity contribution is 1.06. The number of aromatic nitrogens is 2. The van der Waals surface area contributed by atoms with Gasteiger partial charge in [-0.15, -0.1) is 0 Å². The number of nitrogens with one attached hydrogen (secondary N) is 1. The van der Waals surface area contributed by atoms with E-state index in [1.807, 2.05) is 41.0 Å². The van der Waals surface area contributed by atoms with Crippen LogP contribution < -0.4 is 0 Å². The van der Waals surface area contributed by atoms with Gasteiger partial charge in [0.15, 0.2) is 4.77 Å². The zero-order valence-corrected chi connectivity index (χ0v) is 13.4. The Morgan fingerprint density at radius 3 is 2.63 bits per heavy atom. The summed E-state index contributed by atoms with van der Waals surface area (Å²) in [4.78, 5) is 3.15. The number of imidazole rings is 1. The summed E-state index contributed by atoms with van der Waals surface area (Å²) in [5, 5.41) is 1.30. The summed E-state index contributed by atoms with van der Waals surface area (Å²) in [6, 6.07) is 11.3. The molecule has 0 aliphatic carbocycles. The molecule has 0 aliphatic heterocycles. The van der Waals surface area contributed by atoms with Crippen molar-refractivity contribution < 1.29 is 0 Å². The van der Waals surface area contributed by atoms with Crippen LogP contribution >= 0.6 is 51.3 Å². The largest absolute Gasteiger partial charge is 0.330 e. The number of para-hydroxylation sites is 1. The van der Waals surface area contributed by atoms with Crippen molar-refractivity contribution in [2.75, 3.05) is 0 Å². The third-order valence-corrected chi connectivity index (χ3v) is 4.62. The molecule has 0 amide bonds. The molecular weight excluding hydrogens is 367 g/mol. The average Bonchev–Trinajstić information content (AvgIpc) is 2.70. The number of hydrogen-bond acceptors (Lipinski definition) is 1. The van der Waals surface area contributed by atoms with Crippen molar-refractivity contribution >= 4 is 62.4 Å². The van der Waals surface area contributed by atoms with Gasteiger partial charge >= 0.3 is 0 Å². The second-order valence-electron chi connectivity index (χ2n) is 4.00. The molecule has 2 aromatic carbocycles. The SMILES string of the molecule is S=c1[nH]c2cccc(Cl)c2n1-c1ccc(Cl)c(Br)c1. The fraction of sp³-hybridized carbons (Fsp3) is 0. The van der Waals surface area contributed by atoms with Crippen LogP contribution in [-0.2, 0) is 0 Å². The van der Waals surface area contributed by atoms with Crippen molar-refractivity contribution in [2.45, 2.75) is 0 Å². The molecule has 3 rings (SSSR count). The van der Waals surface area contributed by atoms with Gasteiger partial charge in [-0.2, -0.15) is 0 Å². The molecule has 0 bridgehead atoms. The van der Waals surface area contributed by atoms with E-state index >= 15 is 0 Å². The Balaban J connectivity index is 2.39. The summed E-state index contributed by atoms with van der Waals surface area (Å²) in [5.74, 6) is 0. The van der Waals surface area contributed by atoms with Gasteiger partial charge in [0.1, 0.15) is 0 Å². The molecule has 6 heteroatoms. The molecule has 0 fully saturated rings. The molecule has 0 atom stereocenters. The number of fused-ring (bicyclic) bond motifs is 1. The van der Waals surface area contributed by atoms with Crippen LogP contribution in [-0.4, -0.2) is 9.55 Å². The maximum atomic E-state index is 6.27. The van der Waals surface area contributed by atoms with Crippen molar-refractivity contribution in [3.63, 3.8) is 0 Å². The van der Waals surface area contributed by atoms with E-state index in [0.717, 1.165) is 21.2 Å². The maximum absolute atomic E-state index is 6.27. The molecular formula is C13H7BrCl2N2S. The lowest BCUT2D eigenvalue weighted by Gasteiger charge is -2.07. The minimum Gasteiger partial charge on any atom is -0.330 e. The summed E-state index contributed by atoms with van der Waals surface area (Å²) in [5.41, 5.74) is 2.67. The first-order valence-corrected chi connectivity index (χ1v) is 7.38. The van der Waals surface area contributed by atoms with Gasteiger partial charge in [0, 0.05) is 10.2 Å². The van der Waals surface area contributed by atoms with Crippen molar-refractivity contribution in [3.05, 3.63) is 55.7 Å². The van der Waals surface area contributed by atoms with Crippen LogP contribution in [0.3, 0.4) is 0 Å². The zero-order chi connectivity index (χ0) is 13.6. The van der Waals surface area contributed by atoms with Crippen molar-refractivity contribution in [1.29, 1.82) is 0 Å². The highest BCUT2D eigenvalue weighted by Crippen LogP contribution is 2.30. The number of benzene rings is 2. The quantitative estimate of drug-likeness (QED) is 0.538. The fourth-order valence-corrected chi connectivity index (χ4v) is 3.04. The van der Waals surface area contributed by atoms with Crippen LogP contribution in [0.1, 0.15) is 0 Å². The highest BCUT2D eigenvalue weighted by molar-refractivity contribution is 9.10. The van der Waals surface area contributed by atoms with Crippen LogP contribution in [0.25, 0.3) is 16.7 Å². The molecule has 0 unspecified atom stereocenters. The predicted octanol–water partition coefficient (Wildman–Crippen LogP) is 5.76. The second kappa shape index (κ2) is 4.94. The molecule has 19 heavy (non-hydrogen) atoms. The van der Waals surface area contributed by atoms with Gasteiger partial charge in [0.2, 0.25) is 0 Å². The monoisotopic (exact) mass is 372 g/mol. The average molecular weight is 374 g/mol. The number of aromatic amines is 1. The van der Waals surface area contributed by atoms with E-state index in [4.69, 9.17) is 35.4 Å². The first kappa shape index (κ1) is 13.2. The minimum absolute atomic E-state index is 0.595. The summed E-state index contributed by atoms with van der Waals surface area (Å²) >= 11 is 21.1. The van der Waals surface area contributed by atoms with Crippen LogP contribution in [0.2, 0.25) is 10.0 Å². The van der Waals surface area contributed by atoms with Crippen molar-refractivity contribution in [2.24, 2.45) is 0 Å². The van der Waals surface area contributed by atoms with E-state index in [1.54, 1.807) is 0 Å². The van der Waals surface area contributed by atoms with Crippen molar-refractivity contribution in [1.82, 2.24) is 9.55 Å². The van der Waals surface area contributed by atoms with Crippen LogP contribution in [0.4, 0.5) is 0 Å². The molecule has 1 heterocycles. The van der Waals surface area contributed by atoms with E-state index in [0.29, 0.717) is 14.8 Å². The molecule has 0 aliphatic rings. The Labute approximate surface area is 133 Å². The van der Waals surface area contributed by atoms with E-state index < -0.39 is 0 Å². The van der Waals surface area contributed by atoms with Gasteiger partial charge in [-0.3, -0.25) is 4.57 Å². The summed E-state index contributed by atoms with van der Waals surface area (Å²) in [6.45, 7) is 0. The zero-order valence-electron chi connectivity index (χ0n) is 9.45. The highest BCUT2D eigenvalue weighted by atomic mass is 79.9. The smallest absolute Gasteiger partial charge is 0.182 e. The first-order chi connectivity index (χ1) is 9.08. The first-order valence-electron chi connectivity index (χ1n) is 5.42. The van der Waals surface area contributed by atoms with E-state index in [9.17, 15) is 0 Å². The summed E-state index contributed by atoms with van der Waals surface area (Å²) < 4.78 is 3.31. The van der Waals surface area contributed by atoms with E-state index in [-0.39, 0.29) is 0 Å². The topological polar surface area (TPSA) is 20.7 Å². The Morgan fingerprint density at radius 2 is 1.89 bits per heavy atom. The van der Waals surface area contributed by atoms with Gasteiger partial charge in [-0.25, -0.2) is 0 Å². The van der Waals surface area contributed by atoms with Crippen LogP contribution in [0.15, 0.2) is 40.9 Å². The van der Waals surface area contributed by atoms with Gasteiger partial charge in [0.05, 0.1) is 21.1 Å². The third kappa shape index (κ3) is 2.23. The number of nitrogens with zero attached hydrogens (tertiary/aromatic N) is 1. The number of hydrogen-bond donors (Lipinski definition) is 1. The molecule has 3 aromatic rings. The Kier molecular flexibility index (Phi) is 3.43. The molecule has 1 aromatic heterocycles. The second-order valence-corrected chi connectivity index (χ2v) is 6.06. The Bertz CT molecular complexity index is 838. The van der Waals surface area contributed by atoms with E-state index in [1.165, 1.54) is 0 Å². The Morgan fingerprint density at radius 1 is 1.11 bits per heavy atom. The predicted molar refractivity (Wildman–Crippen MR) is 86.2 cm³/mol. The summed E-state index contributed by atoms with van der Waals surface area (Å²) in [7, 11) is 0. The van der Waals surface area contributed by atoms with E-state index in [2.05, 4.69) is 20.9 Å². The lowest BCUT2D eigenvalue weighted by Crippen LogP contribution is -1.94. The highest BCUT2D eigenvalue weighted by Gasteiger charge is 2.10. The third-order valence-electron chi connectivity index (χ3n) is 2.82.